The number of carbonyl (C=O) groups excluding carboxylic acids is 2. The molecule has 1 saturated heterocycles. The second kappa shape index (κ2) is 7.89. The molecular formula is C20H26N2O4. The minimum Gasteiger partial charge on any atom is -0.480 e. The number of nitrogens with one attached hydrogen (secondary N) is 1. The summed E-state index contributed by atoms with van der Waals surface area (Å²) in [5.41, 5.74) is 0.849. The van der Waals surface area contributed by atoms with Crippen molar-refractivity contribution in [3.05, 3.63) is 35.9 Å². The first-order chi connectivity index (χ1) is 12.5. The molecule has 2 aliphatic rings. The number of aliphatic carboxylic acids is 1. The van der Waals surface area contributed by atoms with Crippen molar-refractivity contribution >= 4 is 17.8 Å². The van der Waals surface area contributed by atoms with Crippen LogP contribution in [0.5, 0.6) is 0 Å². The molecule has 6 nitrogen and oxygen atoms in total. The molecule has 26 heavy (non-hydrogen) atoms. The fourth-order valence-electron chi connectivity index (χ4n) is 4.50. The van der Waals surface area contributed by atoms with Gasteiger partial charge in [0.15, 0.2) is 0 Å². The molecule has 4 atom stereocenters. The van der Waals surface area contributed by atoms with Crippen molar-refractivity contribution in [3.8, 4) is 0 Å². The highest BCUT2D eigenvalue weighted by molar-refractivity contribution is 5.85. The van der Waals surface area contributed by atoms with Crippen molar-refractivity contribution in [2.75, 3.05) is 0 Å². The van der Waals surface area contributed by atoms with Crippen molar-refractivity contribution in [3.63, 3.8) is 0 Å². The Balaban J connectivity index is 1.80. The van der Waals surface area contributed by atoms with Gasteiger partial charge in [-0.05, 0) is 30.7 Å². The monoisotopic (exact) mass is 358 g/mol. The van der Waals surface area contributed by atoms with E-state index in [0.29, 0.717) is 6.42 Å². The third-order valence-electron chi connectivity index (χ3n) is 5.62. The summed E-state index contributed by atoms with van der Waals surface area (Å²) in [6, 6.07) is 8.17. The highest BCUT2D eigenvalue weighted by Gasteiger charge is 2.47. The molecule has 3 rings (SSSR count). The van der Waals surface area contributed by atoms with Crippen LogP contribution in [-0.4, -0.2) is 39.9 Å². The van der Waals surface area contributed by atoms with E-state index in [-0.39, 0.29) is 30.2 Å². The average Bonchev–Trinajstić information content (AvgIpc) is 3.01. The molecule has 2 N–H and O–H groups in total. The minimum atomic E-state index is -0.927. The van der Waals surface area contributed by atoms with E-state index in [1.165, 1.54) is 6.92 Å². The van der Waals surface area contributed by atoms with Crippen LogP contribution in [0.4, 0.5) is 0 Å². The molecule has 0 unspecified atom stereocenters. The number of carboxylic acid groups (broad SMARTS) is 1. The highest BCUT2D eigenvalue weighted by Crippen LogP contribution is 2.40. The van der Waals surface area contributed by atoms with Gasteiger partial charge in [0.05, 0.1) is 12.5 Å². The number of carboxylic acids is 1. The lowest BCUT2D eigenvalue weighted by atomic mass is 9.84. The number of benzene rings is 1. The molecule has 2 amide bonds. The molecule has 1 aromatic rings. The fraction of sp³-hybridized carbons (Fsp3) is 0.550. The van der Waals surface area contributed by atoms with E-state index in [0.717, 1.165) is 31.2 Å². The van der Waals surface area contributed by atoms with Crippen LogP contribution in [0, 0.1) is 5.92 Å². The Kier molecular flexibility index (Phi) is 5.59. The predicted molar refractivity (Wildman–Crippen MR) is 96.2 cm³/mol. The number of hydrogen-bond acceptors (Lipinski definition) is 3. The number of carbonyl (C=O) groups is 3. The van der Waals surface area contributed by atoms with Crippen LogP contribution in [-0.2, 0) is 14.4 Å². The number of hydrogen-bond donors (Lipinski definition) is 2. The fourth-order valence-corrected chi connectivity index (χ4v) is 4.50. The Morgan fingerprint density at radius 3 is 2.54 bits per heavy atom. The molecule has 0 aromatic heterocycles. The Morgan fingerprint density at radius 2 is 1.88 bits per heavy atom. The molecule has 2 fully saturated rings. The van der Waals surface area contributed by atoms with Gasteiger partial charge in [0, 0.05) is 13.0 Å². The Hall–Kier alpha value is -2.37. The predicted octanol–water partition coefficient (Wildman–Crippen LogP) is 2.50. The molecular weight excluding hydrogens is 332 g/mol. The summed E-state index contributed by atoms with van der Waals surface area (Å²) in [5.74, 6) is -1.04. The van der Waals surface area contributed by atoms with Crippen molar-refractivity contribution in [2.24, 2.45) is 5.92 Å². The van der Waals surface area contributed by atoms with E-state index in [4.69, 9.17) is 0 Å². The maximum absolute atomic E-state index is 13.1. The zero-order chi connectivity index (χ0) is 18.7. The quantitative estimate of drug-likeness (QED) is 0.847. The molecule has 140 valence electrons. The van der Waals surface area contributed by atoms with Gasteiger partial charge in [-0.2, -0.15) is 0 Å². The number of fused-ring (bicyclic) bond motifs is 1. The van der Waals surface area contributed by atoms with Crippen molar-refractivity contribution < 1.29 is 19.5 Å². The molecule has 0 bridgehead atoms. The molecule has 1 saturated carbocycles. The Bertz CT molecular complexity index is 676. The van der Waals surface area contributed by atoms with Gasteiger partial charge in [-0.3, -0.25) is 9.59 Å². The zero-order valence-corrected chi connectivity index (χ0v) is 15.1. The van der Waals surface area contributed by atoms with Gasteiger partial charge < -0.3 is 15.3 Å². The maximum atomic E-state index is 13.1. The second-order valence-corrected chi connectivity index (χ2v) is 7.37. The van der Waals surface area contributed by atoms with Crippen molar-refractivity contribution in [1.82, 2.24) is 10.2 Å². The standard InChI is InChI=1S/C20H26N2O4/c1-13(23)21-16(14-7-3-2-4-8-14)12-19(24)22-17-10-6-5-9-15(17)11-18(22)20(25)26/h2-4,7-8,15-18H,5-6,9-12H2,1H3,(H,21,23)(H,25,26)/t15-,16-,17-,18+/m1/s1. The van der Waals surface area contributed by atoms with Crippen LogP contribution in [0.25, 0.3) is 0 Å². The van der Waals surface area contributed by atoms with E-state index < -0.39 is 18.1 Å². The van der Waals surface area contributed by atoms with Gasteiger partial charge in [0.2, 0.25) is 11.8 Å². The van der Waals surface area contributed by atoms with Crippen LogP contribution >= 0.6 is 0 Å². The van der Waals surface area contributed by atoms with Crippen LogP contribution < -0.4 is 5.32 Å². The molecule has 1 aliphatic carbocycles. The summed E-state index contributed by atoms with van der Waals surface area (Å²) in [6.45, 7) is 1.42. The van der Waals surface area contributed by atoms with Gasteiger partial charge in [-0.1, -0.05) is 43.2 Å². The summed E-state index contributed by atoms with van der Waals surface area (Å²) in [6.07, 6.45) is 4.63. The molecule has 0 radical (unpaired) electrons. The van der Waals surface area contributed by atoms with Crippen LogP contribution in [0.15, 0.2) is 30.3 Å². The zero-order valence-electron chi connectivity index (χ0n) is 15.1. The van der Waals surface area contributed by atoms with E-state index in [1.54, 1.807) is 4.90 Å². The number of rotatable bonds is 5. The van der Waals surface area contributed by atoms with Gasteiger partial charge >= 0.3 is 5.97 Å². The lowest BCUT2D eigenvalue weighted by Gasteiger charge is -2.34. The Labute approximate surface area is 153 Å². The summed E-state index contributed by atoms with van der Waals surface area (Å²) < 4.78 is 0. The number of nitrogens with zero attached hydrogens (tertiary/aromatic N) is 1. The third kappa shape index (κ3) is 3.89. The number of likely N-dealkylation sites (tertiary alicyclic amines) is 1. The molecule has 1 heterocycles. The summed E-state index contributed by atoms with van der Waals surface area (Å²) in [4.78, 5) is 38.0. The van der Waals surface area contributed by atoms with Gasteiger partial charge in [-0.15, -0.1) is 0 Å². The van der Waals surface area contributed by atoms with E-state index in [9.17, 15) is 19.5 Å². The lowest BCUT2D eigenvalue weighted by molar-refractivity contribution is -0.150. The number of amides is 2. The first kappa shape index (κ1) is 18.4. The molecule has 1 aliphatic heterocycles. The normalized spacial score (nSPS) is 26.0. The molecule has 1 aromatic carbocycles. The first-order valence-electron chi connectivity index (χ1n) is 9.33. The summed E-state index contributed by atoms with van der Waals surface area (Å²) in [5, 5.41) is 12.4. The van der Waals surface area contributed by atoms with Crippen LogP contribution in [0.3, 0.4) is 0 Å². The second-order valence-electron chi connectivity index (χ2n) is 7.37. The average molecular weight is 358 g/mol. The minimum absolute atomic E-state index is 0.0195. The molecule has 6 heteroatoms. The maximum Gasteiger partial charge on any atom is 0.326 e. The Morgan fingerprint density at radius 1 is 1.19 bits per heavy atom. The topological polar surface area (TPSA) is 86.7 Å². The van der Waals surface area contributed by atoms with Crippen molar-refractivity contribution in [2.45, 2.75) is 63.6 Å². The van der Waals surface area contributed by atoms with Crippen LogP contribution in [0.1, 0.15) is 57.1 Å². The van der Waals surface area contributed by atoms with E-state index >= 15 is 0 Å². The van der Waals surface area contributed by atoms with Gasteiger partial charge in [0.25, 0.3) is 0 Å². The lowest BCUT2D eigenvalue weighted by Crippen LogP contribution is -2.47. The summed E-state index contributed by atoms with van der Waals surface area (Å²) in [7, 11) is 0. The largest absolute Gasteiger partial charge is 0.480 e. The smallest absolute Gasteiger partial charge is 0.326 e. The van der Waals surface area contributed by atoms with Gasteiger partial charge in [-0.25, -0.2) is 4.79 Å². The third-order valence-corrected chi connectivity index (χ3v) is 5.62. The van der Waals surface area contributed by atoms with E-state index in [2.05, 4.69) is 5.32 Å². The SMILES string of the molecule is CC(=O)N[C@H](CC(=O)N1[C@@H]2CCCC[C@@H]2C[C@H]1C(=O)O)c1ccccc1. The van der Waals surface area contributed by atoms with E-state index in [1.807, 2.05) is 30.3 Å². The first-order valence-corrected chi connectivity index (χ1v) is 9.33. The summed E-state index contributed by atoms with van der Waals surface area (Å²) >= 11 is 0. The van der Waals surface area contributed by atoms with Gasteiger partial charge in [0.1, 0.15) is 6.04 Å². The van der Waals surface area contributed by atoms with Crippen LogP contribution in [0.2, 0.25) is 0 Å². The van der Waals surface area contributed by atoms with Crippen molar-refractivity contribution in [1.29, 1.82) is 0 Å². The molecule has 0 spiro atoms. The highest BCUT2D eigenvalue weighted by atomic mass is 16.4.